The van der Waals surface area contributed by atoms with Gasteiger partial charge in [-0.25, -0.2) is 8.42 Å². The maximum absolute atomic E-state index is 12.9. The van der Waals surface area contributed by atoms with Crippen molar-refractivity contribution in [2.75, 3.05) is 31.8 Å². The van der Waals surface area contributed by atoms with Gasteiger partial charge in [0.25, 0.3) is 0 Å². The third kappa shape index (κ3) is 4.89. The molecule has 1 saturated heterocycles. The van der Waals surface area contributed by atoms with E-state index >= 15 is 0 Å². The first-order chi connectivity index (χ1) is 11.9. The monoisotopic (exact) mass is 386 g/mol. The maximum atomic E-state index is 12.9. The van der Waals surface area contributed by atoms with Crippen LogP contribution in [-0.2, 0) is 14.8 Å². The van der Waals surface area contributed by atoms with Crippen molar-refractivity contribution in [2.45, 2.75) is 42.8 Å². The number of ether oxygens (including phenoxy) is 1. The quantitative estimate of drug-likeness (QED) is 0.813. The highest BCUT2D eigenvalue weighted by atomic mass is 32.2. The SMILES string of the molecule is COc1ccc(S(=O)(=O)N2CCCCCC2)cc1NC(=O)C(C)SC. The highest BCUT2D eigenvalue weighted by Crippen LogP contribution is 2.30. The van der Waals surface area contributed by atoms with E-state index < -0.39 is 10.0 Å². The molecule has 1 aliphatic heterocycles. The van der Waals surface area contributed by atoms with Crippen molar-refractivity contribution < 1.29 is 17.9 Å². The predicted octanol–water partition coefficient (Wildman–Crippen LogP) is 2.95. The number of amides is 1. The van der Waals surface area contributed by atoms with E-state index in [2.05, 4.69) is 5.32 Å². The van der Waals surface area contributed by atoms with E-state index in [1.807, 2.05) is 6.26 Å². The minimum absolute atomic E-state index is 0.183. The van der Waals surface area contributed by atoms with E-state index in [-0.39, 0.29) is 16.1 Å². The Labute approximate surface area is 154 Å². The molecule has 0 aliphatic carbocycles. The first-order valence-electron chi connectivity index (χ1n) is 8.42. The van der Waals surface area contributed by atoms with Crippen LogP contribution in [0.25, 0.3) is 0 Å². The Morgan fingerprint density at radius 2 is 1.88 bits per heavy atom. The van der Waals surface area contributed by atoms with Gasteiger partial charge in [-0.2, -0.15) is 16.1 Å². The molecule has 0 radical (unpaired) electrons. The molecule has 1 atom stereocenters. The van der Waals surface area contributed by atoms with Crippen LogP contribution < -0.4 is 10.1 Å². The van der Waals surface area contributed by atoms with Crippen molar-refractivity contribution in [1.82, 2.24) is 4.31 Å². The average Bonchev–Trinajstić information content (AvgIpc) is 2.90. The Bertz CT molecular complexity index is 699. The maximum Gasteiger partial charge on any atom is 0.243 e. The van der Waals surface area contributed by atoms with Gasteiger partial charge in [0.05, 0.1) is 22.9 Å². The summed E-state index contributed by atoms with van der Waals surface area (Å²) in [6.07, 6.45) is 5.72. The van der Waals surface area contributed by atoms with Gasteiger partial charge in [0.15, 0.2) is 0 Å². The van der Waals surface area contributed by atoms with Gasteiger partial charge in [-0.3, -0.25) is 4.79 Å². The van der Waals surface area contributed by atoms with Gasteiger partial charge in [-0.05, 0) is 44.2 Å². The molecular formula is C17H26N2O4S2. The lowest BCUT2D eigenvalue weighted by molar-refractivity contribution is -0.115. The number of hydrogen-bond donors (Lipinski definition) is 1. The smallest absolute Gasteiger partial charge is 0.243 e. The number of hydrogen-bond acceptors (Lipinski definition) is 5. The van der Waals surface area contributed by atoms with Crippen LogP contribution in [0.15, 0.2) is 23.1 Å². The molecule has 0 spiro atoms. The Balaban J connectivity index is 2.32. The summed E-state index contributed by atoms with van der Waals surface area (Å²) < 4.78 is 32.7. The fourth-order valence-electron chi connectivity index (χ4n) is 2.72. The second-order valence-corrected chi connectivity index (χ2v) is 9.16. The molecule has 140 valence electrons. The summed E-state index contributed by atoms with van der Waals surface area (Å²) >= 11 is 1.42. The molecule has 25 heavy (non-hydrogen) atoms. The van der Waals surface area contributed by atoms with Crippen LogP contribution in [0.4, 0.5) is 5.69 Å². The lowest BCUT2D eigenvalue weighted by atomic mass is 10.2. The van der Waals surface area contributed by atoms with Gasteiger partial charge in [0.2, 0.25) is 15.9 Å². The number of thioether (sulfide) groups is 1. The Kier molecular flexibility index (Phi) is 7.15. The number of sulfonamides is 1. The van der Waals surface area contributed by atoms with Crippen LogP contribution in [0.2, 0.25) is 0 Å². The number of benzene rings is 1. The third-order valence-corrected chi connectivity index (χ3v) is 7.17. The lowest BCUT2D eigenvalue weighted by Gasteiger charge is -2.21. The van der Waals surface area contributed by atoms with E-state index in [1.54, 1.807) is 13.0 Å². The van der Waals surface area contributed by atoms with Crippen molar-refractivity contribution in [3.05, 3.63) is 18.2 Å². The summed E-state index contributed by atoms with van der Waals surface area (Å²) in [7, 11) is -2.08. The van der Waals surface area contributed by atoms with Gasteiger partial charge < -0.3 is 10.1 Å². The highest BCUT2D eigenvalue weighted by molar-refractivity contribution is 7.99. The standard InChI is InChI=1S/C17H26N2O4S2/c1-13(24-3)17(20)18-15-12-14(8-9-16(15)23-2)25(21,22)19-10-6-4-5-7-11-19/h8-9,12-13H,4-7,10-11H2,1-3H3,(H,18,20). The molecule has 2 rings (SSSR count). The van der Waals surface area contributed by atoms with E-state index in [0.29, 0.717) is 24.5 Å². The van der Waals surface area contributed by atoms with Gasteiger partial charge in [-0.1, -0.05) is 12.8 Å². The van der Waals surface area contributed by atoms with Gasteiger partial charge in [-0.15, -0.1) is 0 Å². The molecule has 0 aromatic heterocycles. The zero-order valence-corrected chi connectivity index (χ0v) is 16.6. The normalized spacial score (nSPS) is 17.6. The summed E-state index contributed by atoms with van der Waals surface area (Å²) in [4.78, 5) is 12.4. The van der Waals surface area contributed by atoms with Crippen molar-refractivity contribution in [2.24, 2.45) is 0 Å². The van der Waals surface area contributed by atoms with Crippen LogP contribution in [0.3, 0.4) is 0 Å². The number of carbonyl (C=O) groups excluding carboxylic acids is 1. The summed E-state index contributed by atoms with van der Waals surface area (Å²) in [6, 6.07) is 4.61. The van der Waals surface area contributed by atoms with Crippen LogP contribution in [0.1, 0.15) is 32.6 Å². The molecule has 6 nitrogen and oxygen atoms in total. The van der Waals surface area contributed by atoms with E-state index in [1.165, 1.54) is 35.3 Å². The molecular weight excluding hydrogens is 360 g/mol. The number of methoxy groups -OCH3 is 1. The molecule has 8 heteroatoms. The van der Waals surface area contributed by atoms with Crippen LogP contribution in [0, 0.1) is 0 Å². The summed E-state index contributed by atoms with van der Waals surface area (Å²) in [6.45, 7) is 2.88. The minimum Gasteiger partial charge on any atom is -0.495 e. The van der Waals surface area contributed by atoms with Crippen LogP contribution >= 0.6 is 11.8 Å². The molecule has 1 aliphatic rings. The van der Waals surface area contributed by atoms with E-state index in [4.69, 9.17) is 4.74 Å². The molecule has 1 aromatic carbocycles. The second kappa shape index (κ2) is 8.91. The Hall–Kier alpha value is -1.25. The second-order valence-electron chi connectivity index (χ2n) is 6.05. The number of rotatable bonds is 6. The molecule has 1 unspecified atom stereocenters. The molecule has 1 fully saturated rings. The van der Waals surface area contributed by atoms with Crippen molar-refractivity contribution in [3.8, 4) is 5.75 Å². The van der Waals surface area contributed by atoms with Crippen molar-refractivity contribution >= 4 is 33.4 Å². The Morgan fingerprint density at radius 3 is 2.44 bits per heavy atom. The fraction of sp³-hybridized carbons (Fsp3) is 0.588. The first-order valence-corrected chi connectivity index (χ1v) is 11.1. The van der Waals surface area contributed by atoms with E-state index in [9.17, 15) is 13.2 Å². The number of nitrogens with one attached hydrogen (secondary N) is 1. The molecule has 1 aromatic rings. The van der Waals surface area contributed by atoms with Gasteiger partial charge >= 0.3 is 0 Å². The third-order valence-electron chi connectivity index (χ3n) is 4.35. The highest BCUT2D eigenvalue weighted by Gasteiger charge is 2.26. The number of anilines is 1. The lowest BCUT2D eigenvalue weighted by Crippen LogP contribution is -2.32. The van der Waals surface area contributed by atoms with Crippen LogP contribution in [-0.4, -0.2) is 50.3 Å². The fourth-order valence-corrected chi connectivity index (χ4v) is 4.53. The zero-order chi connectivity index (χ0) is 18.4. The predicted molar refractivity (Wildman–Crippen MR) is 102 cm³/mol. The van der Waals surface area contributed by atoms with Crippen molar-refractivity contribution in [3.63, 3.8) is 0 Å². The zero-order valence-electron chi connectivity index (χ0n) is 14.9. The Morgan fingerprint density at radius 1 is 1.24 bits per heavy atom. The topological polar surface area (TPSA) is 75.7 Å². The average molecular weight is 387 g/mol. The first kappa shape index (κ1) is 20.1. The molecule has 0 saturated carbocycles. The van der Waals surface area contributed by atoms with Gasteiger partial charge in [0.1, 0.15) is 5.75 Å². The van der Waals surface area contributed by atoms with Crippen molar-refractivity contribution in [1.29, 1.82) is 0 Å². The number of carbonyl (C=O) groups is 1. The molecule has 1 amide bonds. The molecule has 1 heterocycles. The largest absolute Gasteiger partial charge is 0.495 e. The molecule has 1 N–H and O–H groups in total. The summed E-state index contributed by atoms with van der Waals surface area (Å²) in [5, 5.41) is 2.53. The van der Waals surface area contributed by atoms with Gasteiger partial charge in [0, 0.05) is 13.1 Å². The summed E-state index contributed by atoms with van der Waals surface area (Å²) in [5.74, 6) is 0.256. The van der Waals surface area contributed by atoms with E-state index in [0.717, 1.165) is 25.7 Å². The summed E-state index contributed by atoms with van der Waals surface area (Å²) in [5.41, 5.74) is 0.379. The minimum atomic E-state index is -3.57. The molecule has 0 bridgehead atoms. The number of nitrogens with zero attached hydrogens (tertiary/aromatic N) is 1. The van der Waals surface area contributed by atoms with Crippen LogP contribution in [0.5, 0.6) is 5.75 Å².